The number of hydrogen-bond donors (Lipinski definition) is 1. The van der Waals surface area contributed by atoms with Gasteiger partial charge in [0.2, 0.25) is 0 Å². The summed E-state index contributed by atoms with van der Waals surface area (Å²) in [5, 5.41) is 2.26. The van der Waals surface area contributed by atoms with Gasteiger partial charge < -0.3 is 0 Å². The van der Waals surface area contributed by atoms with Crippen LogP contribution in [0, 0.1) is 13.8 Å². The minimum Gasteiger partial charge on any atom is -0.277 e. The molecule has 3 nitrogen and oxygen atoms in total. The number of fused-ring (bicyclic) bond motifs is 1. The molecule has 0 saturated heterocycles. The number of aryl methyl sites for hydroxylation is 2. The lowest BCUT2D eigenvalue weighted by atomic mass is 10.2. The molecule has 0 saturated carbocycles. The fourth-order valence-corrected chi connectivity index (χ4v) is 2.71. The molecule has 3 aromatic rings. The zero-order chi connectivity index (χ0) is 13.4. The van der Waals surface area contributed by atoms with E-state index in [-0.39, 0.29) is 0 Å². The summed E-state index contributed by atoms with van der Waals surface area (Å²) in [6.45, 7) is 4.14. The number of nitrogens with zero attached hydrogens (tertiary/aromatic N) is 2. The Hall–Kier alpha value is -1.81. The summed E-state index contributed by atoms with van der Waals surface area (Å²) in [5.74, 6) is 0.862. The van der Waals surface area contributed by atoms with Crippen LogP contribution in [0.4, 0.5) is 5.82 Å². The van der Waals surface area contributed by atoms with Gasteiger partial charge in [0.1, 0.15) is 0 Å². The molecule has 0 aliphatic carbocycles. The smallest absolute Gasteiger partial charge is 0.152 e. The highest BCUT2D eigenvalue weighted by atomic mass is 79.9. The Morgan fingerprint density at radius 1 is 1.00 bits per heavy atom. The van der Waals surface area contributed by atoms with Gasteiger partial charge >= 0.3 is 0 Å². The average molecular weight is 316 g/mol. The molecule has 2 heterocycles. The van der Waals surface area contributed by atoms with Crippen molar-refractivity contribution in [2.24, 2.45) is 0 Å². The molecule has 0 fully saturated rings. The first-order valence-electron chi connectivity index (χ1n) is 6.12. The first kappa shape index (κ1) is 12.2. The summed E-state index contributed by atoms with van der Waals surface area (Å²) < 4.78 is 3.12. The lowest BCUT2D eigenvalue weighted by molar-refractivity contribution is 0.874. The standard InChI is InChI=1S/C15H14BrN3/c1-10-6-7-11(2)19(10)18-15-13-4-3-5-14(16)12(13)8-9-17-15/h3-9H,1-2H3,(H,17,18). The van der Waals surface area contributed by atoms with Gasteiger partial charge in [0.05, 0.1) is 0 Å². The Morgan fingerprint density at radius 3 is 2.47 bits per heavy atom. The summed E-state index contributed by atoms with van der Waals surface area (Å²) in [7, 11) is 0. The van der Waals surface area contributed by atoms with Gasteiger partial charge in [-0.2, -0.15) is 0 Å². The topological polar surface area (TPSA) is 29.9 Å². The lowest BCUT2D eigenvalue weighted by Crippen LogP contribution is -2.13. The third-order valence-electron chi connectivity index (χ3n) is 3.24. The molecule has 0 radical (unpaired) electrons. The van der Waals surface area contributed by atoms with Crippen molar-refractivity contribution in [3.63, 3.8) is 0 Å². The van der Waals surface area contributed by atoms with E-state index < -0.39 is 0 Å². The molecule has 4 heteroatoms. The maximum absolute atomic E-state index is 4.45. The van der Waals surface area contributed by atoms with E-state index in [2.05, 4.69) is 58.4 Å². The van der Waals surface area contributed by atoms with Crippen LogP contribution in [0.2, 0.25) is 0 Å². The van der Waals surface area contributed by atoms with E-state index in [4.69, 9.17) is 0 Å². The third-order valence-corrected chi connectivity index (χ3v) is 3.93. The van der Waals surface area contributed by atoms with E-state index in [1.165, 1.54) is 0 Å². The van der Waals surface area contributed by atoms with E-state index in [0.717, 1.165) is 32.5 Å². The van der Waals surface area contributed by atoms with Gasteiger partial charge in [-0.3, -0.25) is 10.1 Å². The third kappa shape index (κ3) is 2.12. The highest BCUT2D eigenvalue weighted by Crippen LogP contribution is 2.28. The fraction of sp³-hybridized carbons (Fsp3) is 0.133. The van der Waals surface area contributed by atoms with E-state index in [9.17, 15) is 0 Å². The molecular weight excluding hydrogens is 302 g/mol. The van der Waals surface area contributed by atoms with Crippen molar-refractivity contribution in [3.05, 3.63) is 58.5 Å². The van der Waals surface area contributed by atoms with Crippen LogP contribution in [0.25, 0.3) is 10.8 Å². The monoisotopic (exact) mass is 315 g/mol. The average Bonchev–Trinajstić information content (AvgIpc) is 2.72. The predicted molar refractivity (Wildman–Crippen MR) is 82.4 cm³/mol. The van der Waals surface area contributed by atoms with Gasteiger partial charge in [-0.1, -0.05) is 28.1 Å². The summed E-state index contributed by atoms with van der Waals surface area (Å²) >= 11 is 3.58. The van der Waals surface area contributed by atoms with Crippen LogP contribution in [-0.2, 0) is 0 Å². The molecule has 0 spiro atoms. The van der Waals surface area contributed by atoms with Crippen molar-refractivity contribution in [3.8, 4) is 0 Å². The SMILES string of the molecule is Cc1ccc(C)n1Nc1nccc2c(Br)cccc12. The quantitative estimate of drug-likeness (QED) is 0.764. The molecule has 2 aromatic heterocycles. The molecule has 3 rings (SSSR count). The minimum absolute atomic E-state index is 0.862. The number of benzene rings is 1. The Labute approximate surface area is 120 Å². The van der Waals surface area contributed by atoms with Crippen LogP contribution >= 0.6 is 15.9 Å². The normalized spacial score (nSPS) is 10.9. The Kier molecular flexibility index (Phi) is 3.03. The van der Waals surface area contributed by atoms with Gasteiger partial charge in [0, 0.05) is 32.8 Å². The van der Waals surface area contributed by atoms with E-state index in [0.29, 0.717) is 0 Å². The number of anilines is 1. The molecule has 19 heavy (non-hydrogen) atoms. The van der Waals surface area contributed by atoms with Gasteiger partial charge in [0.25, 0.3) is 0 Å². The second-order valence-corrected chi connectivity index (χ2v) is 5.41. The molecule has 0 amide bonds. The van der Waals surface area contributed by atoms with Crippen molar-refractivity contribution in [2.45, 2.75) is 13.8 Å². The number of nitrogens with one attached hydrogen (secondary N) is 1. The summed E-state index contributed by atoms with van der Waals surface area (Å²) in [6.07, 6.45) is 1.82. The maximum Gasteiger partial charge on any atom is 0.152 e. The van der Waals surface area contributed by atoms with Crippen molar-refractivity contribution in [2.75, 3.05) is 5.43 Å². The van der Waals surface area contributed by atoms with Crippen LogP contribution in [0.3, 0.4) is 0 Å². The molecule has 0 aliphatic heterocycles. The second-order valence-electron chi connectivity index (χ2n) is 4.56. The van der Waals surface area contributed by atoms with E-state index >= 15 is 0 Å². The number of rotatable bonds is 2. The lowest BCUT2D eigenvalue weighted by Gasteiger charge is -2.14. The van der Waals surface area contributed by atoms with Gasteiger partial charge in [-0.25, -0.2) is 4.98 Å². The fourth-order valence-electron chi connectivity index (χ4n) is 2.21. The first-order valence-corrected chi connectivity index (χ1v) is 6.91. The number of hydrogen-bond acceptors (Lipinski definition) is 2. The van der Waals surface area contributed by atoms with Crippen molar-refractivity contribution in [1.29, 1.82) is 0 Å². The maximum atomic E-state index is 4.45. The molecule has 0 aliphatic rings. The van der Waals surface area contributed by atoms with E-state index in [1.807, 2.05) is 29.1 Å². The number of aromatic nitrogens is 2. The van der Waals surface area contributed by atoms with Crippen LogP contribution in [0.15, 0.2) is 47.1 Å². The van der Waals surface area contributed by atoms with Crippen molar-refractivity contribution < 1.29 is 0 Å². The van der Waals surface area contributed by atoms with Crippen LogP contribution in [0.1, 0.15) is 11.4 Å². The highest BCUT2D eigenvalue weighted by molar-refractivity contribution is 9.10. The molecular formula is C15H14BrN3. The van der Waals surface area contributed by atoms with Crippen LogP contribution in [0.5, 0.6) is 0 Å². The van der Waals surface area contributed by atoms with Gasteiger partial charge in [-0.05, 0) is 38.1 Å². The summed E-state index contributed by atoms with van der Waals surface area (Å²) in [5.41, 5.74) is 5.69. The Morgan fingerprint density at radius 2 is 1.74 bits per heavy atom. The summed E-state index contributed by atoms with van der Waals surface area (Å²) in [4.78, 5) is 4.45. The van der Waals surface area contributed by atoms with Crippen LogP contribution < -0.4 is 5.43 Å². The Balaban J connectivity index is 2.14. The van der Waals surface area contributed by atoms with Gasteiger partial charge in [-0.15, -0.1) is 0 Å². The predicted octanol–water partition coefficient (Wildman–Crippen LogP) is 4.29. The number of pyridine rings is 1. The highest BCUT2D eigenvalue weighted by Gasteiger charge is 2.07. The zero-order valence-electron chi connectivity index (χ0n) is 10.8. The Bertz CT molecular complexity index is 727. The largest absolute Gasteiger partial charge is 0.277 e. The number of halogens is 1. The summed E-state index contributed by atoms with van der Waals surface area (Å²) in [6, 6.07) is 12.3. The molecule has 1 N–H and O–H groups in total. The van der Waals surface area contributed by atoms with Gasteiger partial charge in [0.15, 0.2) is 5.82 Å². The molecule has 1 aromatic carbocycles. The van der Waals surface area contributed by atoms with E-state index in [1.54, 1.807) is 0 Å². The molecule has 0 atom stereocenters. The second kappa shape index (κ2) is 4.70. The van der Waals surface area contributed by atoms with Crippen LogP contribution in [-0.4, -0.2) is 9.66 Å². The molecule has 0 unspecified atom stereocenters. The van der Waals surface area contributed by atoms with Crippen molar-refractivity contribution >= 4 is 32.5 Å². The van der Waals surface area contributed by atoms with Crippen molar-refractivity contribution in [1.82, 2.24) is 9.66 Å². The minimum atomic E-state index is 0.862. The molecule has 96 valence electrons. The first-order chi connectivity index (χ1) is 9.16. The zero-order valence-corrected chi connectivity index (χ0v) is 12.4. The molecule has 0 bridgehead atoms.